The van der Waals surface area contributed by atoms with E-state index in [0.717, 1.165) is 6.07 Å². The third-order valence-electron chi connectivity index (χ3n) is 2.34. The SMILES string of the molecule is Fc1cc(F)c(CNCc2cccnn2)cc1F. The fraction of sp³-hybridized carbons (Fsp3) is 0.167. The molecule has 1 heterocycles. The molecule has 6 heteroatoms. The molecule has 0 radical (unpaired) electrons. The molecule has 0 saturated carbocycles. The second-order valence-corrected chi connectivity index (χ2v) is 3.68. The molecule has 2 aromatic rings. The monoisotopic (exact) mass is 253 g/mol. The zero-order valence-corrected chi connectivity index (χ0v) is 9.33. The number of halogens is 3. The Labute approximate surface area is 102 Å². The van der Waals surface area contributed by atoms with Crippen molar-refractivity contribution in [3.05, 3.63) is 59.2 Å². The second-order valence-electron chi connectivity index (χ2n) is 3.68. The lowest BCUT2D eigenvalue weighted by atomic mass is 10.2. The van der Waals surface area contributed by atoms with Gasteiger partial charge in [0.2, 0.25) is 0 Å². The van der Waals surface area contributed by atoms with Crippen molar-refractivity contribution in [1.29, 1.82) is 0 Å². The zero-order valence-electron chi connectivity index (χ0n) is 9.33. The van der Waals surface area contributed by atoms with Gasteiger partial charge >= 0.3 is 0 Å². The van der Waals surface area contributed by atoms with Crippen molar-refractivity contribution in [3.8, 4) is 0 Å². The van der Waals surface area contributed by atoms with Gasteiger partial charge in [-0.15, -0.1) is 0 Å². The van der Waals surface area contributed by atoms with Crippen LogP contribution in [0.5, 0.6) is 0 Å². The van der Waals surface area contributed by atoms with E-state index in [9.17, 15) is 13.2 Å². The summed E-state index contributed by atoms with van der Waals surface area (Å²) in [6.07, 6.45) is 1.54. The number of hydrogen-bond donors (Lipinski definition) is 1. The van der Waals surface area contributed by atoms with Gasteiger partial charge in [0, 0.05) is 30.9 Å². The lowest BCUT2D eigenvalue weighted by Crippen LogP contribution is -2.15. The van der Waals surface area contributed by atoms with E-state index < -0.39 is 17.5 Å². The Balaban J connectivity index is 1.97. The van der Waals surface area contributed by atoms with E-state index in [0.29, 0.717) is 18.3 Å². The van der Waals surface area contributed by atoms with E-state index in [1.54, 1.807) is 18.3 Å². The van der Waals surface area contributed by atoms with Gasteiger partial charge in [0.05, 0.1) is 5.69 Å². The summed E-state index contributed by atoms with van der Waals surface area (Å²) in [5, 5.41) is 10.4. The van der Waals surface area contributed by atoms with Gasteiger partial charge in [-0.05, 0) is 18.2 Å². The first kappa shape index (κ1) is 12.5. The lowest BCUT2D eigenvalue weighted by Gasteiger charge is -2.06. The summed E-state index contributed by atoms with van der Waals surface area (Å²) in [7, 11) is 0. The molecule has 2 rings (SSSR count). The molecule has 0 amide bonds. The Kier molecular flexibility index (Phi) is 3.88. The third-order valence-corrected chi connectivity index (χ3v) is 2.34. The quantitative estimate of drug-likeness (QED) is 0.849. The van der Waals surface area contributed by atoms with Crippen molar-refractivity contribution in [2.45, 2.75) is 13.1 Å². The predicted octanol–water partition coefficient (Wildman–Crippen LogP) is 2.18. The van der Waals surface area contributed by atoms with Crippen LogP contribution in [0.4, 0.5) is 13.2 Å². The van der Waals surface area contributed by atoms with Gasteiger partial charge in [-0.1, -0.05) is 0 Å². The minimum absolute atomic E-state index is 0.0674. The van der Waals surface area contributed by atoms with Crippen LogP contribution in [-0.4, -0.2) is 10.2 Å². The van der Waals surface area contributed by atoms with E-state index in [-0.39, 0.29) is 12.1 Å². The molecule has 0 aliphatic heterocycles. The van der Waals surface area contributed by atoms with E-state index in [4.69, 9.17) is 0 Å². The maximum absolute atomic E-state index is 13.3. The van der Waals surface area contributed by atoms with Gasteiger partial charge in [-0.2, -0.15) is 10.2 Å². The summed E-state index contributed by atoms with van der Waals surface area (Å²) in [4.78, 5) is 0. The largest absolute Gasteiger partial charge is 0.307 e. The first-order valence-corrected chi connectivity index (χ1v) is 5.27. The first-order chi connectivity index (χ1) is 8.66. The van der Waals surface area contributed by atoms with Crippen molar-refractivity contribution >= 4 is 0 Å². The van der Waals surface area contributed by atoms with Crippen LogP contribution in [0.3, 0.4) is 0 Å². The van der Waals surface area contributed by atoms with Gasteiger partial charge in [0.15, 0.2) is 11.6 Å². The summed E-state index contributed by atoms with van der Waals surface area (Å²) >= 11 is 0. The molecule has 1 aromatic carbocycles. The third kappa shape index (κ3) is 3.04. The molecule has 0 saturated heterocycles. The topological polar surface area (TPSA) is 37.8 Å². The van der Waals surface area contributed by atoms with Crippen LogP contribution in [-0.2, 0) is 13.1 Å². The molecule has 3 nitrogen and oxygen atoms in total. The Bertz CT molecular complexity index is 532. The number of benzene rings is 1. The lowest BCUT2D eigenvalue weighted by molar-refractivity contribution is 0.486. The molecular weight excluding hydrogens is 243 g/mol. The molecule has 0 fully saturated rings. The summed E-state index contributed by atoms with van der Waals surface area (Å²) in [5.41, 5.74) is 0.748. The molecular formula is C12H10F3N3. The van der Waals surface area contributed by atoms with Gasteiger partial charge < -0.3 is 5.32 Å². The molecule has 18 heavy (non-hydrogen) atoms. The summed E-state index contributed by atoms with van der Waals surface area (Å²) in [6.45, 7) is 0.450. The maximum atomic E-state index is 13.3. The number of nitrogens with one attached hydrogen (secondary N) is 1. The van der Waals surface area contributed by atoms with Gasteiger partial charge in [0.1, 0.15) is 5.82 Å². The Morgan fingerprint density at radius 2 is 1.78 bits per heavy atom. The minimum atomic E-state index is -1.19. The highest BCUT2D eigenvalue weighted by Gasteiger charge is 2.09. The van der Waals surface area contributed by atoms with E-state index in [2.05, 4.69) is 15.5 Å². The van der Waals surface area contributed by atoms with Gasteiger partial charge in [-0.3, -0.25) is 0 Å². The Hall–Kier alpha value is -1.95. The minimum Gasteiger partial charge on any atom is -0.307 e. The number of nitrogens with zero attached hydrogens (tertiary/aromatic N) is 2. The summed E-state index contributed by atoms with van der Waals surface area (Å²) in [5.74, 6) is -3.03. The number of hydrogen-bond acceptors (Lipinski definition) is 3. The first-order valence-electron chi connectivity index (χ1n) is 5.27. The van der Waals surface area contributed by atoms with Crippen molar-refractivity contribution in [2.24, 2.45) is 0 Å². The molecule has 0 unspecified atom stereocenters. The summed E-state index contributed by atoms with van der Waals surface area (Å²) in [6, 6.07) is 4.85. The summed E-state index contributed by atoms with van der Waals surface area (Å²) < 4.78 is 38.9. The highest BCUT2D eigenvalue weighted by atomic mass is 19.2. The van der Waals surface area contributed by atoms with Gasteiger partial charge in [-0.25, -0.2) is 13.2 Å². The second kappa shape index (κ2) is 5.59. The van der Waals surface area contributed by atoms with Crippen molar-refractivity contribution < 1.29 is 13.2 Å². The van der Waals surface area contributed by atoms with Crippen LogP contribution in [0.2, 0.25) is 0 Å². The van der Waals surface area contributed by atoms with Crippen LogP contribution in [0.1, 0.15) is 11.3 Å². The number of aromatic nitrogens is 2. The molecule has 0 atom stereocenters. The van der Waals surface area contributed by atoms with Crippen LogP contribution in [0.25, 0.3) is 0 Å². The van der Waals surface area contributed by atoms with Crippen molar-refractivity contribution in [2.75, 3.05) is 0 Å². The smallest absolute Gasteiger partial charge is 0.161 e. The van der Waals surface area contributed by atoms with Gasteiger partial charge in [0.25, 0.3) is 0 Å². The zero-order chi connectivity index (χ0) is 13.0. The fourth-order valence-electron chi connectivity index (χ4n) is 1.45. The van der Waals surface area contributed by atoms with Crippen molar-refractivity contribution in [1.82, 2.24) is 15.5 Å². The van der Waals surface area contributed by atoms with Crippen LogP contribution < -0.4 is 5.32 Å². The molecule has 0 aliphatic rings. The molecule has 0 aliphatic carbocycles. The normalized spacial score (nSPS) is 10.6. The van der Waals surface area contributed by atoms with Crippen LogP contribution in [0, 0.1) is 17.5 Å². The van der Waals surface area contributed by atoms with Crippen LogP contribution in [0.15, 0.2) is 30.5 Å². The molecule has 1 aromatic heterocycles. The van der Waals surface area contributed by atoms with E-state index in [1.807, 2.05) is 0 Å². The molecule has 0 bridgehead atoms. The highest BCUT2D eigenvalue weighted by Crippen LogP contribution is 2.13. The highest BCUT2D eigenvalue weighted by molar-refractivity contribution is 5.20. The molecule has 0 spiro atoms. The Morgan fingerprint density at radius 1 is 1.00 bits per heavy atom. The average Bonchev–Trinajstić information content (AvgIpc) is 2.37. The predicted molar refractivity (Wildman–Crippen MR) is 58.9 cm³/mol. The maximum Gasteiger partial charge on any atom is 0.161 e. The van der Waals surface area contributed by atoms with Crippen LogP contribution >= 0.6 is 0 Å². The molecule has 1 N–H and O–H groups in total. The average molecular weight is 253 g/mol. The van der Waals surface area contributed by atoms with E-state index >= 15 is 0 Å². The number of rotatable bonds is 4. The molecule has 94 valence electrons. The standard InChI is InChI=1S/C12H10F3N3/c13-10-5-12(15)11(14)4-8(10)6-16-7-9-2-1-3-17-18-9/h1-5,16H,6-7H2. The van der Waals surface area contributed by atoms with Crippen molar-refractivity contribution in [3.63, 3.8) is 0 Å². The fourth-order valence-corrected chi connectivity index (χ4v) is 1.45. The Morgan fingerprint density at radius 3 is 2.50 bits per heavy atom. The van der Waals surface area contributed by atoms with E-state index in [1.165, 1.54) is 0 Å².